The molecular formula is C16H21N3O. The zero-order valence-corrected chi connectivity index (χ0v) is 12.7. The molecule has 2 rings (SSSR count). The Morgan fingerprint density at radius 3 is 2.35 bits per heavy atom. The molecule has 4 nitrogen and oxygen atoms in total. The molecule has 0 aliphatic heterocycles. The zero-order chi connectivity index (χ0) is 14.9. The molecule has 0 saturated carbocycles. The maximum Gasteiger partial charge on any atom is 0.159 e. The molecule has 0 bridgehead atoms. The van der Waals surface area contributed by atoms with Crippen molar-refractivity contribution in [1.29, 1.82) is 0 Å². The molecule has 0 amide bonds. The molecule has 0 atom stereocenters. The minimum Gasteiger partial charge on any atom is -0.495 e. The van der Waals surface area contributed by atoms with E-state index in [1.54, 1.807) is 7.11 Å². The number of hydrogen-bond donors (Lipinski definition) is 1. The minimum absolute atomic E-state index is 0.0134. The summed E-state index contributed by atoms with van der Waals surface area (Å²) < 4.78 is 5.17. The highest BCUT2D eigenvalue weighted by Crippen LogP contribution is 2.28. The Hall–Kier alpha value is -2.10. The average molecular weight is 271 g/mol. The van der Waals surface area contributed by atoms with E-state index in [2.05, 4.69) is 30.7 Å². The van der Waals surface area contributed by atoms with Crippen molar-refractivity contribution in [2.45, 2.75) is 33.1 Å². The van der Waals surface area contributed by atoms with Gasteiger partial charge in [-0.05, 0) is 31.2 Å². The van der Waals surface area contributed by atoms with Crippen molar-refractivity contribution in [2.75, 3.05) is 12.8 Å². The molecule has 1 aromatic heterocycles. The summed E-state index contributed by atoms with van der Waals surface area (Å²) in [5.74, 6) is 1.36. The van der Waals surface area contributed by atoms with Gasteiger partial charge in [0.25, 0.3) is 0 Å². The van der Waals surface area contributed by atoms with Crippen LogP contribution in [0.15, 0.2) is 24.3 Å². The van der Waals surface area contributed by atoms with Gasteiger partial charge < -0.3 is 10.5 Å². The third-order valence-corrected chi connectivity index (χ3v) is 3.11. The van der Waals surface area contributed by atoms with Crippen LogP contribution in [0.4, 0.5) is 5.69 Å². The number of aromatic nitrogens is 2. The molecule has 2 aromatic rings. The molecule has 4 heteroatoms. The largest absolute Gasteiger partial charge is 0.495 e. The number of nitrogens with two attached hydrogens (primary N) is 1. The fourth-order valence-corrected chi connectivity index (χ4v) is 1.96. The van der Waals surface area contributed by atoms with Crippen molar-refractivity contribution in [3.63, 3.8) is 0 Å². The van der Waals surface area contributed by atoms with Crippen LogP contribution in [0, 0.1) is 6.92 Å². The van der Waals surface area contributed by atoms with Crippen molar-refractivity contribution in [3.05, 3.63) is 35.7 Å². The van der Waals surface area contributed by atoms with E-state index in [-0.39, 0.29) is 5.41 Å². The van der Waals surface area contributed by atoms with Crippen LogP contribution in [0.1, 0.15) is 32.2 Å². The maximum absolute atomic E-state index is 5.95. The summed E-state index contributed by atoms with van der Waals surface area (Å²) in [5, 5.41) is 0. The molecule has 1 heterocycles. The van der Waals surface area contributed by atoms with E-state index in [0.29, 0.717) is 17.3 Å². The monoisotopic (exact) mass is 271 g/mol. The minimum atomic E-state index is -0.0134. The van der Waals surface area contributed by atoms with Gasteiger partial charge in [-0.15, -0.1) is 0 Å². The van der Waals surface area contributed by atoms with Crippen LogP contribution in [0.3, 0.4) is 0 Å². The number of anilines is 1. The van der Waals surface area contributed by atoms with Crippen molar-refractivity contribution in [3.8, 4) is 17.1 Å². The van der Waals surface area contributed by atoms with E-state index in [9.17, 15) is 0 Å². The first kappa shape index (κ1) is 14.3. The second-order valence-electron chi connectivity index (χ2n) is 5.92. The normalized spacial score (nSPS) is 11.4. The lowest BCUT2D eigenvalue weighted by atomic mass is 9.91. The first-order valence-corrected chi connectivity index (χ1v) is 6.61. The Balaban J connectivity index is 2.53. The van der Waals surface area contributed by atoms with Gasteiger partial charge in [-0.2, -0.15) is 0 Å². The van der Waals surface area contributed by atoms with Gasteiger partial charge in [0.05, 0.1) is 18.5 Å². The summed E-state index contributed by atoms with van der Waals surface area (Å²) in [5.41, 5.74) is 9.40. The number of nitrogens with zero attached hydrogens (tertiary/aromatic N) is 2. The molecular weight excluding hydrogens is 250 g/mol. The van der Waals surface area contributed by atoms with Gasteiger partial charge in [-0.1, -0.05) is 20.8 Å². The van der Waals surface area contributed by atoms with Gasteiger partial charge in [0.2, 0.25) is 0 Å². The quantitative estimate of drug-likeness (QED) is 0.851. The number of aryl methyl sites for hydroxylation is 1. The van der Waals surface area contributed by atoms with E-state index in [1.807, 2.05) is 31.2 Å². The lowest BCUT2D eigenvalue weighted by molar-refractivity contribution is 0.417. The molecule has 0 aliphatic carbocycles. The Morgan fingerprint density at radius 1 is 1.10 bits per heavy atom. The molecule has 0 fully saturated rings. The topological polar surface area (TPSA) is 61.0 Å². The highest BCUT2D eigenvalue weighted by atomic mass is 16.5. The first-order valence-electron chi connectivity index (χ1n) is 6.61. The number of rotatable bonds is 2. The van der Waals surface area contributed by atoms with Gasteiger partial charge in [-0.25, -0.2) is 9.97 Å². The second-order valence-corrected chi connectivity index (χ2v) is 5.92. The number of hydrogen-bond acceptors (Lipinski definition) is 4. The summed E-state index contributed by atoms with van der Waals surface area (Å²) in [4.78, 5) is 9.17. The van der Waals surface area contributed by atoms with Gasteiger partial charge in [-0.3, -0.25) is 0 Å². The predicted molar refractivity (Wildman–Crippen MR) is 81.9 cm³/mol. The van der Waals surface area contributed by atoms with E-state index < -0.39 is 0 Å². The van der Waals surface area contributed by atoms with Gasteiger partial charge in [0, 0.05) is 16.7 Å². The summed E-state index contributed by atoms with van der Waals surface area (Å²) in [6.45, 7) is 8.40. The Labute approximate surface area is 120 Å². The molecule has 0 radical (unpaired) electrons. The van der Waals surface area contributed by atoms with Gasteiger partial charge >= 0.3 is 0 Å². The summed E-state index contributed by atoms with van der Waals surface area (Å²) >= 11 is 0. The van der Waals surface area contributed by atoms with Gasteiger partial charge in [0.15, 0.2) is 5.82 Å². The van der Waals surface area contributed by atoms with Crippen LogP contribution < -0.4 is 10.5 Å². The third-order valence-electron chi connectivity index (χ3n) is 3.11. The summed E-state index contributed by atoms with van der Waals surface area (Å²) in [7, 11) is 1.60. The molecule has 0 unspecified atom stereocenters. The molecule has 0 aliphatic rings. The number of ether oxygens (including phenoxy) is 1. The maximum atomic E-state index is 5.95. The number of nitrogen functional groups attached to an aromatic ring is 1. The number of benzene rings is 1. The van der Waals surface area contributed by atoms with Crippen LogP contribution in [0.25, 0.3) is 11.4 Å². The van der Waals surface area contributed by atoms with E-state index in [4.69, 9.17) is 10.5 Å². The Kier molecular flexibility index (Phi) is 3.66. The standard InChI is InChI=1S/C16H21N3O/c1-10-8-14(16(2,3)4)19-15(18-10)11-6-7-13(20-5)12(17)9-11/h6-9H,17H2,1-5H3. The Morgan fingerprint density at radius 2 is 1.80 bits per heavy atom. The molecule has 0 spiro atoms. The average Bonchev–Trinajstić information content (AvgIpc) is 2.37. The summed E-state index contributed by atoms with van der Waals surface area (Å²) in [6, 6.07) is 7.64. The van der Waals surface area contributed by atoms with Crippen molar-refractivity contribution in [1.82, 2.24) is 9.97 Å². The number of methoxy groups -OCH3 is 1. The highest BCUT2D eigenvalue weighted by molar-refractivity contribution is 5.66. The fourth-order valence-electron chi connectivity index (χ4n) is 1.96. The van der Waals surface area contributed by atoms with Crippen molar-refractivity contribution < 1.29 is 4.74 Å². The van der Waals surface area contributed by atoms with E-state index >= 15 is 0 Å². The Bertz CT molecular complexity index is 630. The third kappa shape index (κ3) is 2.90. The fraction of sp³-hybridized carbons (Fsp3) is 0.375. The van der Waals surface area contributed by atoms with E-state index in [0.717, 1.165) is 17.0 Å². The van der Waals surface area contributed by atoms with Crippen LogP contribution >= 0.6 is 0 Å². The van der Waals surface area contributed by atoms with Crippen LogP contribution in [0.2, 0.25) is 0 Å². The molecule has 2 N–H and O–H groups in total. The van der Waals surface area contributed by atoms with Crippen LogP contribution in [-0.2, 0) is 5.41 Å². The van der Waals surface area contributed by atoms with Gasteiger partial charge in [0.1, 0.15) is 5.75 Å². The molecule has 1 aromatic carbocycles. The van der Waals surface area contributed by atoms with E-state index in [1.165, 1.54) is 0 Å². The van der Waals surface area contributed by atoms with Crippen molar-refractivity contribution >= 4 is 5.69 Å². The lowest BCUT2D eigenvalue weighted by Crippen LogP contribution is -2.15. The second kappa shape index (κ2) is 5.12. The predicted octanol–water partition coefficient (Wildman–Crippen LogP) is 3.34. The smallest absolute Gasteiger partial charge is 0.159 e. The first-order chi connectivity index (χ1) is 9.31. The summed E-state index contributed by atoms with van der Waals surface area (Å²) in [6.07, 6.45) is 0. The lowest BCUT2D eigenvalue weighted by Gasteiger charge is -2.19. The SMILES string of the molecule is COc1ccc(-c2nc(C)cc(C(C)(C)C)n2)cc1N. The van der Waals surface area contributed by atoms with Crippen LogP contribution in [0.5, 0.6) is 5.75 Å². The van der Waals surface area contributed by atoms with Crippen LogP contribution in [-0.4, -0.2) is 17.1 Å². The zero-order valence-electron chi connectivity index (χ0n) is 12.7. The molecule has 106 valence electrons. The molecule has 20 heavy (non-hydrogen) atoms. The molecule has 0 saturated heterocycles. The van der Waals surface area contributed by atoms with Crippen molar-refractivity contribution in [2.24, 2.45) is 0 Å². The highest BCUT2D eigenvalue weighted by Gasteiger charge is 2.18.